The van der Waals surface area contributed by atoms with Gasteiger partial charge in [0.15, 0.2) is 5.13 Å². The molecular formula is C15H18N2O2S. The fourth-order valence-corrected chi connectivity index (χ4v) is 3.57. The normalized spacial score (nSPS) is 15.2. The van der Waals surface area contributed by atoms with Crippen LogP contribution in [0.3, 0.4) is 0 Å². The molecule has 3 rings (SSSR count). The molecule has 0 aliphatic heterocycles. The SMILES string of the molecule is O=C(Cc1ccoc1)Nc1nc2c(s1)CCCCCC2. The van der Waals surface area contributed by atoms with Crippen LogP contribution in [0, 0.1) is 0 Å². The van der Waals surface area contributed by atoms with E-state index < -0.39 is 0 Å². The maximum absolute atomic E-state index is 11.9. The summed E-state index contributed by atoms with van der Waals surface area (Å²) >= 11 is 1.63. The predicted molar refractivity (Wildman–Crippen MR) is 79.0 cm³/mol. The summed E-state index contributed by atoms with van der Waals surface area (Å²) in [5.74, 6) is -0.0341. The number of aromatic nitrogens is 1. The molecule has 2 heterocycles. The summed E-state index contributed by atoms with van der Waals surface area (Å²) in [5.41, 5.74) is 2.07. The highest BCUT2D eigenvalue weighted by atomic mass is 32.1. The van der Waals surface area contributed by atoms with E-state index in [1.165, 1.54) is 36.3 Å². The van der Waals surface area contributed by atoms with E-state index in [1.807, 2.05) is 0 Å². The third kappa shape index (κ3) is 3.28. The van der Waals surface area contributed by atoms with Crippen LogP contribution in [-0.4, -0.2) is 10.9 Å². The van der Waals surface area contributed by atoms with Crippen LogP contribution in [0.5, 0.6) is 0 Å². The predicted octanol–water partition coefficient (Wildman–Crippen LogP) is 3.58. The van der Waals surface area contributed by atoms with E-state index in [-0.39, 0.29) is 5.91 Å². The lowest BCUT2D eigenvalue weighted by Crippen LogP contribution is -2.13. The second kappa shape index (κ2) is 6.22. The number of thiazole rings is 1. The third-order valence-electron chi connectivity index (χ3n) is 3.54. The van der Waals surface area contributed by atoms with Crippen molar-refractivity contribution in [1.29, 1.82) is 0 Å². The number of hydrogen-bond acceptors (Lipinski definition) is 4. The van der Waals surface area contributed by atoms with E-state index in [4.69, 9.17) is 4.42 Å². The molecular weight excluding hydrogens is 272 g/mol. The molecule has 5 heteroatoms. The van der Waals surface area contributed by atoms with E-state index in [0.717, 1.165) is 23.5 Å². The van der Waals surface area contributed by atoms with E-state index in [2.05, 4.69) is 10.3 Å². The number of amides is 1. The lowest BCUT2D eigenvalue weighted by atomic mass is 10.0. The van der Waals surface area contributed by atoms with Gasteiger partial charge in [0.1, 0.15) is 0 Å². The van der Waals surface area contributed by atoms with Crippen molar-refractivity contribution >= 4 is 22.4 Å². The maximum atomic E-state index is 11.9. The van der Waals surface area contributed by atoms with Crippen LogP contribution in [0.25, 0.3) is 0 Å². The molecule has 0 saturated heterocycles. The number of nitrogens with one attached hydrogen (secondary N) is 1. The number of fused-ring (bicyclic) bond motifs is 1. The molecule has 0 saturated carbocycles. The second-order valence-corrected chi connectivity index (χ2v) is 6.24. The van der Waals surface area contributed by atoms with Crippen LogP contribution in [0.2, 0.25) is 0 Å². The molecule has 0 radical (unpaired) electrons. The molecule has 0 aromatic carbocycles. The Morgan fingerprint density at radius 3 is 2.95 bits per heavy atom. The van der Waals surface area contributed by atoms with Crippen molar-refractivity contribution in [3.63, 3.8) is 0 Å². The van der Waals surface area contributed by atoms with E-state index >= 15 is 0 Å². The zero-order chi connectivity index (χ0) is 13.8. The van der Waals surface area contributed by atoms with Gasteiger partial charge >= 0.3 is 0 Å². The van der Waals surface area contributed by atoms with Crippen LogP contribution in [-0.2, 0) is 24.1 Å². The van der Waals surface area contributed by atoms with Gasteiger partial charge in [-0.25, -0.2) is 4.98 Å². The summed E-state index contributed by atoms with van der Waals surface area (Å²) in [4.78, 5) is 17.9. The van der Waals surface area contributed by atoms with Crippen LogP contribution in [0.15, 0.2) is 23.0 Å². The summed E-state index contributed by atoms with van der Waals surface area (Å²) in [5, 5.41) is 3.65. The number of nitrogens with zero attached hydrogens (tertiary/aromatic N) is 1. The van der Waals surface area contributed by atoms with Crippen molar-refractivity contribution in [2.45, 2.75) is 44.9 Å². The Bertz CT molecular complexity index is 549. The van der Waals surface area contributed by atoms with Crippen LogP contribution < -0.4 is 5.32 Å². The quantitative estimate of drug-likeness (QED) is 0.940. The topological polar surface area (TPSA) is 55.1 Å². The van der Waals surface area contributed by atoms with Gasteiger partial charge in [0, 0.05) is 4.88 Å². The summed E-state index contributed by atoms with van der Waals surface area (Å²) in [6.45, 7) is 0. The molecule has 0 unspecified atom stereocenters. The van der Waals surface area contributed by atoms with Gasteiger partial charge in [-0.05, 0) is 37.3 Å². The molecule has 0 fully saturated rings. The number of hydrogen-bond donors (Lipinski definition) is 1. The lowest BCUT2D eigenvalue weighted by Gasteiger charge is -2.06. The van der Waals surface area contributed by atoms with E-state index in [0.29, 0.717) is 6.42 Å². The minimum absolute atomic E-state index is 0.0341. The minimum Gasteiger partial charge on any atom is -0.472 e. The summed E-state index contributed by atoms with van der Waals surface area (Å²) in [7, 11) is 0. The van der Waals surface area contributed by atoms with Gasteiger partial charge in [0.25, 0.3) is 0 Å². The van der Waals surface area contributed by atoms with E-state index in [9.17, 15) is 4.79 Å². The van der Waals surface area contributed by atoms with Crippen molar-refractivity contribution in [3.8, 4) is 0 Å². The summed E-state index contributed by atoms with van der Waals surface area (Å²) < 4.78 is 4.97. The Labute approximate surface area is 122 Å². The molecule has 4 nitrogen and oxygen atoms in total. The first-order valence-electron chi connectivity index (χ1n) is 7.11. The number of furan rings is 1. The number of rotatable bonds is 3. The van der Waals surface area contributed by atoms with E-state index in [1.54, 1.807) is 29.9 Å². The summed E-state index contributed by atoms with van der Waals surface area (Å²) in [6, 6.07) is 1.81. The monoisotopic (exact) mass is 290 g/mol. The average Bonchev–Trinajstić information content (AvgIpc) is 3.00. The second-order valence-electron chi connectivity index (χ2n) is 5.16. The van der Waals surface area contributed by atoms with Crippen molar-refractivity contribution < 1.29 is 9.21 Å². The number of carbonyl (C=O) groups is 1. The zero-order valence-electron chi connectivity index (χ0n) is 11.4. The molecule has 20 heavy (non-hydrogen) atoms. The van der Waals surface area contributed by atoms with Gasteiger partial charge < -0.3 is 9.73 Å². The van der Waals surface area contributed by atoms with Crippen LogP contribution in [0.1, 0.15) is 41.8 Å². The Morgan fingerprint density at radius 2 is 2.15 bits per heavy atom. The largest absolute Gasteiger partial charge is 0.472 e. The van der Waals surface area contributed by atoms with Gasteiger partial charge in [0.2, 0.25) is 5.91 Å². The highest BCUT2D eigenvalue weighted by Crippen LogP contribution is 2.28. The Morgan fingerprint density at radius 1 is 1.30 bits per heavy atom. The molecule has 106 valence electrons. The Balaban J connectivity index is 1.65. The highest BCUT2D eigenvalue weighted by Gasteiger charge is 2.15. The maximum Gasteiger partial charge on any atom is 0.230 e. The van der Waals surface area contributed by atoms with Crippen molar-refractivity contribution in [3.05, 3.63) is 34.7 Å². The standard InChI is InChI=1S/C15H18N2O2S/c18-14(9-11-7-8-19-10-11)17-15-16-12-5-3-1-2-4-6-13(12)20-15/h7-8,10H,1-6,9H2,(H,16,17,18). The third-order valence-corrected chi connectivity index (χ3v) is 4.61. The zero-order valence-corrected chi connectivity index (χ0v) is 12.2. The molecule has 0 atom stereocenters. The number of carbonyl (C=O) groups excluding carboxylic acids is 1. The first kappa shape index (κ1) is 13.4. The van der Waals surface area contributed by atoms with Gasteiger partial charge in [-0.1, -0.05) is 12.8 Å². The Kier molecular flexibility index (Phi) is 4.16. The van der Waals surface area contributed by atoms with Crippen molar-refractivity contribution in [2.24, 2.45) is 0 Å². The fraction of sp³-hybridized carbons (Fsp3) is 0.467. The molecule has 1 aliphatic carbocycles. The molecule has 0 bridgehead atoms. The Hall–Kier alpha value is -1.62. The smallest absolute Gasteiger partial charge is 0.230 e. The van der Waals surface area contributed by atoms with Gasteiger partial charge in [-0.15, -0.1) is 11.3 Å². The molecule has 2 aromatic rings. The van der Waals surface area contributed by atoms with Gasteiger partial charge in [-0.2, -0.15) is 0 Å². The van der Waals surface area contributed by atoms with Crippen molar-refractivity contribution in [1.82, 2.24) is 4.98 Å². The first-order valence-corrected chi connectivity index (χ1v) is 7.92. The molecule has 1 N–H and O–H groups in total. The number of anilines is 1. The molecule has 1 amide bonds. The van der Waals surface area contributed by atoms with Crippen LogP contribution >= 0.6 is 11.3 Å². The minimum atomic E-state index is -0.0341. The molecule has 1 aliphatic rings. The van der Waals surface area contributed by atoms with Gasteiger partial charge in [0.05, 0.1) is 24.6 Å². The molecule has 2 aromatic heterocycles. The van der Waals surface area contributed by atoms with Gasteiger partial charge in [-0.3, -0.25) is 4.79 Å². The highest BCUT2D eigenvalue weighted by molar-refractivity contribution is 7.15. The summed E-state index contributed by atoms with van der Waals surface area (Å²) in [6.07, 6.45) is 10.7. The van der Waals surface area contributed by atoms with Crippen LogP contribution in [0.4, 0.5) is 5.13 Å². The fourth-order valence-electron chi connectivity index (χ4n) is 2.50. The molecule has 0 spiro atoms. The lowest BCUT2D eigenvalue weighted by molar-refractivity contribution is -0.115. The number of aryl methyl sites for hydroxylation is 2. The van der Waals surface area contributed by atoms with Crippen molar-refractivity contribution in [2.75, 3.05) is 5.32 Å². The average molecular weight is 290 g/mol. The first-order chi connectivity index (χ1) is 9.81.